The van der Waals surface area contributed by atoms with Crippen LogP contribution in [0.15, 0.2) is 94.7 Å². The van der Waals surface area contributed by atoms with Crippen molar-refractivity contribution in [2.24, 2.45) is 0 Å². The monoisotopic (exact) mass is 426 g/mol. The summed E-state index contributed by atoms with van der Waals surface area (Å²) < 4.78 is 60.3. The third-order valence-corrected chi connectivity index (χ3v) is 10.2. The number of ether oxygens (including phenoxy) is 1. The van der Waals surface area contributed by atoms with E-state index in [1.165, 1.54) is 24.3 Å². The van der Waals surface area contributed by atoms with Crippen molar-refractivity contribution in [2.45, 2.75) is 32.5 Å². The van der Waals surface area contributed by atoms with Gasteiger partial charge in [0.05, 0.1) is 9.79 Å². The number of benzene rings is 3. The predicted molar refractivity (Wildman–Crippen MR) is 108 cm³/mol. The summed E-state index contributed by atoms with van der Waals surface area (Å²) in [5.74, 6) is 0. The van der Waals surface area contributed by atoms with E-state index in [4.69, 9.17) is 4.74 Å². The highest BCUT2D eigenvalue weighted by atomic mass is 32.2. The molecule has 2 aliphatic rings. The third-order valence-electron chi connectivity index (χ3n) is 5.68. The predicted octanol–water partition coefficient (Wildman–Crippen LogP) is 3.50. The number of hydrogen-bond donors (Lipinski definition) is 0. The van der Waals surface area contributed by atoms with Gasteiger partial charge in [0.2, 0.25) is 0 Å². The number of rotatable bonds is 4. The van der Waals surface area contributed by atoms with Crippen molar-refractivity contribution in [3.8, 4) is 0 Å². The molecule has 7 heteroatoms. The zero-order chi connectivity index (χ0) is 20.2. The van der Waals surface area contributed by atoms with Gasteiger partial charge in [0, 0.05) is 0 Å². The molecule has 0 aliphatic carbocycles. The average Bonchev–Trinajstić information content (AvgIpc) is 3.33. The Balaban J connectivity index is 1.72. The van der Waals surface area contributed by atoms with E-state index in [0.29, 0.717) is 0 Å². The van der Waals surface area contributed by atoms with Crippen LogP contribution in [0, 0.1) is 0 Å². The van der Waals surface area contributed by atoms with Crippen molar-refractivity contribution in [3.05, 3.63) is 96.1 Å². The topological polar surface area (TPSA) is 77.5 Å². The van der Waals surface area contributed by atoms with Gasteiger partial charge in [0.15, 0.2) is 19.7 Å². The van der Waals surface area contributed by atoms with E-state index in [0.717, 1.165) is 11.1 Å². The first-order chi connectivity index (χ1) is 13.9. The fourth-order valence-electron chi connectivity index (χ4n) is 4.40. The third kappa shape index (κ3) is 2.68. The van der Waals surface area contributed by atoms with E-state index in [1.54, 1.807) is 36.4 Å². The second-order valence-corrected chi connectivity index (χ2v) is 11.5. The van der Waals surface area contributed by atoms with Crippen LogP contribution in [0.4, 0.5) is 0 Å². The first-order valence-electron chi connectivity index (χ1n) is 9.24. The molecule has 3 aromatic rings. The maximum atomic E-state index is 13.6. The van der Waals surface area contributed by atoms with Crippen LogP contribution >= 0.6 is 0 Å². The highest BCUT2D eigenvalue weighted by Crippen LogP contribution is 2.56. The van der Waals surface area contributed by atoms with Crippen LogP contribution in [0.3, 0.4) is 0 Å². The number of hydrogen-bond acceptors (Lipinski definition) is 5. The number of sulfone groups is 2. The van der Waals surface area contributed by atoms with E-state index in [1.807, 2.05) is 24.3 Å². The SMILES string of the molecule is O=S(=O)(c1ccccc1)[C@H]1C2OC(c3ccccc32)[C@@H]1S(=O)(=O)c1ccccc1. The summed E-state index contributed by atoms with van der Waals surface area (Å²) >= 11 is 0. The Morgan fingerprint density at radius 1 is 0.517 bits per heavy atom. The van der Waals surface area contributed by atoms with Crippen LogP contribution in [0.2, 0.25) is 0 Å². The molecule has 0 aromatic heterocycles. The van der Waals surface area contributed by atoms with Crippen LogP contribution in [-0.2, 0) is 24.4 Å². The Labute approximate surface area is 169 Å². The molecule has 2 bridgehead atoms. The van der Waals surface area contributed by atoms with Crippen molar-refractivity contribution in [1.29, 1.82) is 0 Å². The van der Waals surface area contributed by atoms with Crippen molar-refractivity contribution in [3.63, 3.8) is 0 Å². The Kier molecular flexibility index (Phi) is 4.17. The molecule has 1 saturated heterocycles. The fourth-order valence-corrected chi connectivity index (χ4v) is 9.04. The lowest BCUT2D eigenvalue weighted by Crippen LogP contribution is -2.43. The summed E-state index contributed by atoms with van der Waals surface area (Å²) in [6.07, 6.45) is -1.63. The highest BCUT2D eigenvalue weighted by molar-refractivity contribution is 7.96. The van der Waals surface area contributed by atoms with Crippen LogP contribution < -0.4 is 0 Å². The van der Waals surface area contributed by atoms with Crippen LogP contribution in [0.25, 0.3) is 0 Å². The molecular formula is C22H18O5S2. The smallest absolute Gasteiger partial charge is 0.185 e. The Morgan fingerprint density at radius 2 is 0.862 bits per heavy atom. The lowest BCUT2D eigenvalue weighted by atomic mass is 9.91. The van der Waals surface area contributed by atoms with E-state index < -0.39 is 42.4 Å². The Morgan fingerprint density at radius 3 is 1.24 bits per heavy atom. The van der Waals surface area contributed by atoms with E-state index in [2.05, 4.69) is 0 Å². The first kappa shape index (κ1) is 18.5. The lowest BCUT2D eigenvalue weighted by Gasteiger charge is -2.29. The molecule has 0 amide bonds. The van der Waals surface area contributed by atoms with Crippen LogP contribution in [0.1, 0.15) is 23.3 Å². The van der Waals surface area contributed by atoms with Gasteiger partial charge in [-0.3, -0.25) is 0 Å². The van der Waals surface area contributed by atoms with Gasteiger partial charge in [0.1, 0.15) is 22.7 Å². The second-order valence-electron chi connectivity index (χ2n) is 7.25. The summed E-state index contributed by atoms with van der Waals surface area (Å²) in [5, 5.41) is -2.43. The summed E-state index contributed by atoms with van der Waals surface area (Å²) in [5.41, 5.74) is 1.50. The maximum Gasteiger partial charge on any atom is 0.185 e. The molecule has 2 aliphatic heterocycles. The Bertz CT molecular complexity index is 1170. The van der Waals surface area contributed by atoms with E-state index in [-0.39, 0.29) is 9.79 Å². The largest absolute Gasteiger partial charge is 0.363 e. The summed E-state index contributed by atoms with van der Waals surface area (Å²) in [6, 6.07) is 23.3. The van der Waals surface area contributed by atoms with Gasteiger partial charge in [-0.15, -0.1) is 0 Å². The minimum absolute atomic E-state index is 0.104. The molecule has 5 nitrogen and oxygen atoms in total. The number of fused-ring (bicyclic) bond motifs is 5. The van der Waals surface area contributed by atoms with Gasteiger partial charge >= 0.3 is 0 Å². The van der Waals surface area contributed by atoms with Crippen LogP contribution in [0.5, 0.6) is 0 Å². The van der Waals surface area contributed by atoms with E-state index in [9.17, 15) is 16.8 Å². The zero-order valence-corrected chi connectivity index (χ0v) is 16.9. The standard InChI is InChI=1S/C22H18O5S2/c23-28(24,15-9-3-1-4-10-15)21-19-17-13-7-8-14-18(17)20(27-19)22(21)29(25,26)16-11-5-2-6-12-16/h1-14,19-22H/t19?,20?,21-,22-/m0/s1. The first-order valence-corrected chi connectivity index (χ1v) is 12.3. The van der Waals surface area contributed by atoms with Gasteiger partial charge in [-0.1, -0.05) is 60.7 Å². The van der Waals surface area contributed by atoms with Crippen molar-refractivity contribution in [2.75, 3.05) is 0 Å². The molecule has 29 heavy (non-hydrogen) atoms. The average molecular weight is 427 g/mol. The molecule has 148 valence electrons. The molecule has 5 rings (SSSR count). The molecule has 3 aromatic carbocycles. The molecule has 1 fully saturated rings. The van der Waals surface area contributed by atoms with Gasteiger partial charge in [0.25, 0.3) is 0 Å². The molecule has 2 unspecified atom stereocenters. The highest BCUT2D eigenvalue weighted by Gasteiger charge is 2.62. The minimum Gasteiger partial charge on any atom is -0.363 e. The minimum atomic E-state index is -3.96. The maximum absolute atomic E-state index is 13.6. The summed E-state index contributed by atoms with van der Waals surface area (Å²) in [7, 11) is -7.91. The van der Waals surface area contributed by atoms with Crippen LogP contribution in [-0.4, -0.2) is 27.3 Å². The fraction of sp³-hybridized carbons (Fsp3) is 0.182. The zero-order valence-electron chi connectivity index (χ0n) is 15.3. The molecule has 4 atom stereocenters. The normalized spacial score (nSPS) is 25.7. The van der Waals surface area contributed by atoms with Gasteiger partial charge in [-0.2, -0.15) is 0 Å². The van der Waals surface area contributed by atoms with Crippen molar-refractivity contribution in [1.82, 2.24) is 0 Å². The van der Waals surface area contributed by atoms with E-state index >= 15 is 0 Å². The summed E-state index contributed by atoms with van der Waals surface area (Å²) in [4.78, 5) is 0.207. The second kappa shape index (κ2) is 6.52. The molecular weight excluding hydrogens is 408 g/mol. The van der Waals surface area contributed by atoms with Gasteiger partial charge in [-0.25, -0.2) is 16.8 Å². The van der Waals surface area contributed by atoms with Crippen molar-refractivity contribution < 1.29 is 21.6 Å². The van der Waals surface area contributed by atoms with Crippen molar-refractivity contribution >= 4 is 19.7 Å². The van der Waals surface area contributed by atoms with Gasteiger partial charge in [-0.05, 0) is 35.4 Å². The molecule has 0 spiro atoms. The quantitative estimate of drug-likeness (QED) is 0.638. The molecule has 0 radical (unpaired) electrons. The lowest BCUT2D eigenvalue weighted by molar-refractivity contribution is 0.0729. The molecule has 0 saturated carbocycles. The Hall–Kier alpha value is -2.48. The molecule has 2 heterocycles. The molecule has 0 N–H and O–H groups in total. The summed E-state index contributed by atoms with van der Waals surface area (Å²) in [6.45, 7) is 0. The van der Waals surface area contributed by atoms with Gasteiger partial charge < -0.3 is 4.74 Å².